The Morgan fingerprint density at radius 2 is 1.88 bits per heavy atom. The molecule has 3 nitrogen and oxygen atoms in total. The number of amides is 1. The highest BCUT2D eigenvalue weighted by atomic mass is 19.4. The number of fused-ring (bicyclic) bond motifs is 7. The number of alkyl halides is 3. The second-order valence-corrected chi connectivity index (χ2v) is 7.86. The van der Waals surface area contributed by atoms with E-state index in [1.165, 1.54) is 18.9 Å². The predicted molar refractivity (Wildman–Crippen MR) is 96.0 cm³/mol. The van der Waals surface area contributed by atoms with Crippen LogP contribution >= 0.6 is 0 Å². The first-order chi connectivity index (χ1) is 12.3. The first-order valence-corrected chi connectivity index (χ1v) is 9.53. The largest absolute Gasteiger partial charge is 0.416 e. The Kier molecular flexibility index (Phi) is 5.49. The molecule has 2 saturated heterocycles. The van der Waals surface area contributed by atoms with Crippen LogP contribution in [0.15, 0.2) is 18.2 Å². The zero-order chi connectivity index (χ0) is 18.9. The van der Waals surface area contributed by atoms with Gasteiger partial charge in [0.2, 0.25) is 0 Å². The standard InChI is InChI=1S/C20H27F3N2O/c1-13-14-6-4-2-3-5-9-25(12-15(13)10-14)18-11-16(20(21,22)23)7-8-17(18)19(24)26/h7-8,11,13-15H,2-6,9-10,12H2,1H3,(H2,24,26). The summed E-state index contributed by atoms with van der Waals surface area (Å²) >= 11 is 0. The average Bonchev–Trinajstić information content (AvgIpc) is 2.65. The molecule has 2 heterocycles. The highest BCUT2D eigenvalue weighted by Gasteiger charge is 2.39. The maximum atomic E-state index is 13.2. The van der Waals surface area contributed by atoms with Crippen LogP contribution in [0.1, 0.15) is 61.4 Å². The minimum atomic E-state index is -4.44. The lowest BCUT2D eigenvalue weighted by Gasteiger charge is -2.45. The summed E-state index contributed by atoms with van der Waals surface area (Å²) in [6.07, 6.45) is 2.32. The van der Waals surface area contributed by atoms with Gasteiger partial charge in [-0.15, -0.1) is 0 Å². The summed E-state index contributed by atoms with van der Waals surface area (Å²) < 4.78 is 39.6. The fourth-order valence-electron chi connectivity index (χ4n) is 4.46. The Labute approximate surface area is 152 Å². The molecule has 0 radical (unpaired) electrons. The fraction of sp³-hybridized carbons (Fsp3) is 0.650. The van der Waals surface area contributed by atoms with Crippen LogP contribution in [-0.4, -0.2) is 19.0 Å². The van der Waals surface area contributed by atoms with Gasteiger partial charge in [-0.25, -0.2) is 0 Å². The van der Waals surface area contributed by atoms with Gasteiger partial charge in [0.1, 0.15) is 0 Å². The summed E-state index contributed by atoms with van der Waals surface area (Å²) in [7, 11) is 0. The molecule has 3 unspecified atom stereocenters. The molecule has 2 N–H and O–H groups in total. The molecule has 144 valence electrons. The number of benzene rings is 1. The van der Waals surface area contributed by atoms with Crippen molar-refractivity contribution in [1.82, 2.24) is 0 Å². The van der Waals surface area contributed by atoms with Crippen molar-refractivity contribution in [3.8, 4) is 0 Å². The van der Waals surface area contributed by atoms with Crippen LogP contribution in [0.5, 0.6) is 0 Å². The van der Waals surface area contributed by atoms with E-state index in [2.05, 4.69) is 6.92 Å². The summed E-state index contributed by atoms with van der Waals surface area (Å²) in [5.74, 6) is 1.10. The van der Waals surface area contributed by atoms with E-state index in [1.807, 2.05) is 4.90 Å². The Balaban J connectivity index is 1.93. The van der Waals surface area contributed by atoms with Crippen LogP contribution in [0.4, 0.5) is 18.9 Å². The van der Waals surface area contributed by atoms with Gasteiger partial charge in [0, 0.05) is 13.1 Å². The predicted octanol–water partition coefficient (Wildman–Crippen LogP) is 4.85. The molecule has 4 rings (SSSR count). The third-order valence-corrected chi connectivity index (χ3v) is 6.23. The first-order valence-electron chi connectivity index (χ1n) is 9.53. The van der Waals surface area contributed by atoms with Gasteiger partial charge in [-0.1, -0.05) is 32.6 Å². The zero-order valence-electron chi connectivity index (χ0n) is 15.2. The molecule has 1 saturated carbocycles. The van der Waals surface area contributed by atoms with Gasteiger partial charge >= 0.3 is 6.18 Å². The van der Waals surface area contributed by atoms with Gasteiger partial charge in [-0.05, 0) is 48.8 Å². The topological polar surface area (TPSA) is 46.3 Å². The molecule has 3 atom stereocenters. The molecule has 3 fully saturated rings. The van der Waals surface area contributed by atoms with Gasteiger partial charge in [0.15, 0.2) is 0 Å². The van der Waals surface area contributed by atoms with E-state index in [1.54, 1.807) is 0 Å². The van der Waals surface area contributed by atoms with Crippen molar-refractivity contribution in [3.63, 3.8) is 0 Å². The van der Waals surface area contributed by atoms with Gasteiger partial charge in [-0.2, -0.15) is 13.2 Å². The number of halogens is 3. The Morgan fingerprint density at radius 1 is 1.15 bits per heavy atom. The molecular weight excluding hydrogens is 341 g/mol. The van der Waals surface area contributed by atoms with E-state index in [-0.39, 0.29) is 5.56 Å². The summed E-state index contributed by atoms with van der Waals surface area (Å²) in [4.78, 5) is 13.8. The molecule has 1 aromatic carbocycles. The molecule has 0 aromatic heterocycles. The third-order valence-electron chi connectivity index (χ3n) is 6.23. The van der Waals surface area contributed by atoms with E-state index in [0.29, 0.717) is 30.6 Å². The quantitative estimate of drug-likeness (QED) is 0.811. The third kappa shape index (κ3) is 3.99. The number of carbonyl (C=O) groups is 1. The number of hydrogen-bond donors (Lipinski definition) is 1. The molecule has 0 spiro atoms. The lowest BCUT2D eigenvalue weighted by atomic mass is 9.64. The minimum absolute atomic E-state index is 0.177. The minimum Gasteiger partial charge on any atom is -0.371 e. The summed E-state index contributed by atoms with van der Waals surface area (Å²) in [5.41, 5.74) is 5.24. The van der Waals surface area contributed by atoms with Crippen molar-refractivity contribution in [3.05, 3.63) is 29.3 Å². The Morgan fingerprint density at radius 3 is 2.54 bits per heavy atom. The van der Waals surface area contributed by atoms with Crippen molar-refractivity contribution < 1.29 is 18.0 Å². The van der Waals surface area contributed by atoms with E-state index in [0.717, 1.165) is 43.7 Å². The SMILES string of the molecule is CC1C2CCCCCCN(c3cc(C(F)(F)F)ccc3C(N)=O)CC1C2. The van der Waals surface area contributed by atoms with Crippen LogP contribution in [-0.2, 0) is 6.18 Å². The van der Waals surface area contributed by atoms with Crippen LogP contribution in [0.3, 0.4) is 0 Å². The molecular formula is C20H27F3N2O. The van der Waals surface area contributed by atoms with Crippen molar-refractivity contribution in [1.29, 1.82) is 0 Å². The summed E-state index contributed by atoms with van der Waals surface area (Å²) in [5, 5.41) is 0. The van der Waals surface area contributed by atoms with Crippen molar-refractivity contribution in [2.45, 2.75) is 51.6 Å². The number of nitrogens with two attached hydrogens (primary N) is 1. The van der Waals surface area contributed by atoms with Gasteiger partial charge in [0.25, 0.3) is 5.91 Å². The summed E-state index contributed by atoms with van der Waals surface area (Å²) in [6, 6.07) is 3.26. The first kappa shape index (κ1) is 19.1. The van der Waals surface area contributed by atoms with E-state index in [4.69, 9.17) is 5.73 Å². The highest BCUT2D eigenvalue weighted by Crippen LogP contribution is 2.45. The van der Waals surface area contributed by atoms with E-state index >= 15 is 0 Å². The van der Waals surface area contributed by atoms with Crippen LogP contribution < -0.4 is 10.6 Å². The molecule has 1 aromatic rings. The Hall–Kier alpha value is -1.72. The van der Waals surface area contributed by atoms with Crippen molar-refractivity contribution in [2.24, 2.45) is 23.5 Å². The van der Waals surface area contributed by atoms with Gasteiger partial charge < -0.3 is 10.6 Å². The van der Waals surface area contributed by atoms with Gasteiger partial charge in [-0.3, -0.25) is 4.79 Å². The monoisotopic (exact) mass is 368 g/mol. The lowest BCUT2D eigenvalue weighted by molar-refractivity contribution is -0.137. The molecule has 26 heavy (non-hydrogen) atoms. The molecule has 1 aliphatic carbocycles. The maximum Gasteiger partial charge on any atom is 0.416 e. The highest BCUT2D eigenvalue weighted by molar-refractivity contribution is 5.98. The lowest BCUT2D eigenvalue weighted by Crippen LogP contribution is -2.43. The van der Waals surface area contributed by atoms with Crippen molar-refractivity contribution in [2.75, 3.05) is 18.0 Å². The number of anilines is 1. The number of hydrogen-bond acceptors (Lipinski definition) is 2. The normalized spacial score (nSPS) is 27.4. The average molecular weight is 368 g/mol. The maximum absolute atomic E-state index is 13.2. The number of nitrogens with zero attached hydrogens (tertiary/aromatic N) is 1. The molecule has 2 bridgehead atoms. The van der Waals surface area contributed by atoms with E-state index in [9.17, 15) is 18.0 Å². The second-order valence-electron chi connectivity index (χ2n) is 7.86. The number of rotatable bonds is 2. The smallest absolute Gasteiger partial charge is 0.371 e. The molecule has 1 amide bonds. The van der Waals surface area contributed by atoms with Gasteiger partial charge in [0.05, 0.1) is 16.8 Å². The van der Waals surface area contributed by atoms with Crippen LogP contribution in [0.2, 0.25) is 0 Å². The Bertz CT molecular complexity index is 659. The fourth-order valence-corrected chi connectivity index (χ4v) is 4.46. The van der Waals surface area contributed by atoms with Crippen LogP contribution in [0.25, 0.3) is 0 Å². The molecule has 6 heteroatoms. The number of carbonyl (C=O) groups excluding carboxylic acids is 1. The van der Waals surface area contributed by atoms with E-state index < -0.39 is 17.6 Å². The molecule has 3 aliphatic rings. The molecule has 2 aliphatic heterocycles. The van der Waals surface area contributed by atoms with Crippen LogP contribution in [0, 0.1) is 17.8 Å². The number of primary amides is 1. The van der Waals surface area contributed by atoms with Crippen molar-refractivity contribution >= 4 is 11.6 Å². The summed E-state index contributed by atoms with van der Waals surface area (Å²) in [6.45, 7) is 3.60. The zero-order valence-corrected chi connectivity index (χ0v) is 15.2. The second kappa shape index (κ2) is 7.49.